The average molecular weight is 339 g/mol. The van der Waals surface area contributed by atoms with Gasteiger partial charge in [-0.15, -0.1) is 0 Å². The van der Waals surface area contributed by atoms with Gasteiger partial charge in [-0.25, -0.2) is 0 Å². The summed E-state index contributed by atoms with van der Waals surface area (Å²) >= 11 is 3.36. The maximum absolute atomic E-state index is 12.3. The molecule has 0 atom stereocenters. The second kappa shape index (κ2) is 5.20. The van der Waals surface area contributed by atoms with Crippen molar-refractivity contribution in [3.63, 3.8) is 0 Å². The molecule has 0 aliphatic heterocycles. The molecule has 2 rings (SSSR count). The Balaban J connectivity index is 2.07. The molecule has 0 aromatic heterocycles. The minimum atomic E-state index is -0.893. The van der Waals surface area contributed by atoms with Gasteiger partial charge in [0.25, 0.3) is 0 Å². The van der Waals surface area contributed by atoms with Crippen LogP contribution in [0.5, 0.6) is 0 Å². The third-order valence-electron chi connectivity index (χ3n) is 3.19. The van der Waals surface area contributed by atoms with E-state index in [1.54, 1.807) is 6.07 Å². The number of carbonyl (C=O) groups is 2. The molecule has 1 aromatic rings. The minimum absolute atomic E-state index is 0.183. The molecular formula is C15H19BrN2O2. The van der Waals surface area contributed by atoms with Crippen LogP contribution in [0.2, 0.25) is 0 Å². The van der Waals surface area contributed by atoms with Crippen LogP contribution >= 0.6 is 15.9 Å². The van der Waals surface area contributed by atoms with Crippen molar-refractivity contribution in [2.75, 3.05) is 5.32 Å². The fourth-order valence-corrected chi connectivity index (χ4v) is 2.36. The second-order valence-electron chi connectivity index (χ2n) is 6.25. The van der Waals surface area contributed by atoms with Crippen LogP contribution in [-0.4, -0.2) is 17.4 Å². The van der Waals surface area contributed by atoms with Gasteiger partial charge in [-0.1, -0.05) is 22.0 Å². The number of hydrogen-bond acceptors (Lipinski definition) is 2. The van der Waals surface area contributed by atoms with Crippen LogP contribution in [0.4, 0.5) is 5.69 Å². The van der Waals surface area contributed by atoms with Gasteiger partial charge in [-0.3, -0.25) is 9.59 Å². The first-order valence-corrected chi connectivity index (χ1v) is 7.42. The number of rotatable bonds is 3. The van der Waals surface area contributed by atoms with Crippen LogP contribution in [0.15, 0.2) is 28.7 Å². The molecule has 4 nitrogen and oxygen atoms in total. The topological polar surface area (TPSA) is 58.2 Å². The molecule has 0 heterocycles. The van der Waals surface area contributed by atoms with Gasteiger partial charge < -0.3 is 10.6 Å². The number of benzene rings is 1. The molecule has 108 valence electrons. The molecule has 5 heteroatoms. The van der Waals surface area contributed by atoms with Gasteiger partial charge in [0, 0.05) is 15.7 Å². The van der Waals surface area contributed by atoms with Crippen molar-refractivity contribution in [3.8, 4) is 0 Å². The number of nitrogens with one attached hydrogen (secondary N) is 2. The first-order chi connectivity index (χ1) is 9.23. The highest BCUT2D eigenvalue weighted by Gasteiger charge is 2.57. The molecule has 0 spiro atoms. The number of anilines is 1. The normalized spacial score (nSPS) is 16.4. The van der Waals surface area contributed by atoms with E-state index in [9.17, 15) is 9.59 Å². The summed E-state index contributed by atoms with van der Waals surface area (Å²) < 4.78 is 0.888. The van der Waals surface area contributed by atoms with Crippen LogP contribution in [-0.2, 0) is 9.59 Å². The molecule has 1 aliphatic carbocycles. The number of halogens is 1. The van der Waals surface area contributed by atoms with E-state index in [0.29, 0.717) is 18.5 Å². The Bertz CT molecular complexity index is 545. The summed E-state index contributed by atoms with van der Waals surface area (Å²) in [6.07, 6.45) is 1.21. The Kier molecular flexibility index (Phi) is 3.91. The Morgan fingerprint density at radius 3 is 2.35 bits per heavy atom. The van der Waals surface area contributed by atoms with Crippen LogP contribution in [0.3, 0.4) is 0 Å². The van der Waals surface area contributed by atoms with E-state index in [4.69, 9.17) is 0 Å². The quantitative estimate of drug-likeness (QED) is 0.832. The highest BCUT2D eigenvalue weighted by atomic mass is 79.9. The van der Waals surface area contributed by atoms with Crippen molar-refractivity contribution in [1.82, 2.24) is 5.32 Å². The summed E-state index contributed by atoms with van der Waals surface area (Å²) in [5, 5.41) is 5.71. The van der Waals surface area contributed by atoms with Gasteiger partial charge in [0.05, 0.1) is 0 Å². The lowest BCUT2D eigenvalue weighted by Gasteiger charge is -2.24. The lowest BCUT2D eigenvalue weighted by molar-refractivity contribution is -0.135. The summed E-state index contributed by atoms with van der Waals surface area (Å²) in [5.41, 5.74) is -0.530. The van der Waals surface area contributed by atoms with Gasteiger partial charge in [-0.2, -0.15) is 0 Å². The molecular weight excluding hydrogens is 320 g/mol. The van der Waals surface area contributed by atoms with E-state index in [2.05, 4.69) is 26.6 Å². The van der Waals surface area contributed by atoms with Crippen LogP contribution in [0.1, 0.15) is 33.6 Å². The van der Waals surface area contributed by atoms with E-state index in [0.717, 1.165) is 4.47 Å². The molecule has 1 aromatic carbocycles. The monoisotopic (exact) mass is 338 g/mol. The third kappa shape index (κ3) is 3.39. The zero-order valence-corrected chi connectivity index (χ0v) is 13.5. The first kappa shape index (κ1) is 15.0. The minimum Gasteiger partial charge on any atom is -0.351 e. The van der Waals surface area contributed by atoms with Crippen molar-refractivity contribution < 1.29 is 9.59 Å². The van der Waals surface area contributed by atoms with Crippen molar-refractivity contribution in [1.29, 1.82) is 0 Å². The molecule has 20 heavy (non-hydrogen) atoms. The van der Waals surface area contributed by atoms with E-state index >= 15 is 0 Å². The lowest BCUT2D eigenvalue weighted by atomic mass is 10.0. The standard InChI is InChI=1S/C15H19BrN2O2/c1-14(2,3)18-13(20)15(7-8-15)12(19)17-11-6-4-5-10(16)9-11/h4-6,9H,7-8H2,1-3H3,(H,17,19)(H,18,20). The molecule has 0 unspecified atom stereocenters. The first-order valence-electron chi connectivity index (χ1n) is 6.63. The fourth-order valence-electron chi connectivity index (χ4n) is 1.96. The Morgan fingerprint density at radius 2 is 1.85 bits per heavy atom. The predicted octanol–water partition coefficient (Wildman–Crippen LogP) is 3.08. The number of hydrogen-bond donors (Lipinski definition) is 2. The zero-order valence-electron chi connectivity index (χ0n) is 11.9. The van der Waals surface area contributed by atoms with Gasteiger partial charge >= 0.3 is 0 Å². The van der Waals surface area contributed by atoms with E-state index in [1.807, 2.05) is 39.0 Å². The van der Waals surface area contributed by atoms with E-state index < -0.39 is 5.41 Å². The summed E-state index contributed by atoms with van der Waals surface area (Å²) in [6, 6.07) is 7.35. The van der Waals surface area contributed by atoms with E-state index in [1.165, 1.54) is 0 Å². The molecule has 0 radical (unpaired) electrons. The second-order valence-corrected chi connectivity index (χ2v) is 7.17. The highest BCUT2D eigenvalue weighted by Crippen LogP contribution is 2.47. The largest absolute Gasteiger partial charge is 0.351 e. The van der Waals surface area contributed by atoms with Crippen LogP contribution in [0, 0.1) is 5.41 Å². The third-order valence-corrected chi connectivity index (χ3v) is 3.68. The smallest absolute Gasteiger partial charge is 0.240 e. The number of amides is 2. The molecule has 2 amide bonds. The molecule has 2 N–H and O–H groups in total. The number of carbonyl (C=O) groups excluding carboxylic acids is 2. The van der Waals surface area contributed by atoms with Gasteiger partial charge in [0.15, 0.2) is 0 Å². The van der Waals surface area contributed by atoms with Crippen molar-refractivity contribution in [2.45, 2.75) is 39.2 Å². The maximum atomic E-state index is 12.3. The van der Waals surface area contributed by atoms with Gasteiger partial charge in [-0.05, 0) is 51.8 Å². The summed E-state index contributed by atoms with van der Waals surface area (Å²) in [7, 11) is 0. The maximum Gasteiger partial charge on any atom is 0.240 e. The average Bonchev–Trinajstić information content (AvgIpc) is 3.07. The Hall–Kier alpha value is -1.36. The molecule has 1 saturated carbocycles. The predicted molar refractivity (Wildman–Crippen MR) is 82.3 cm³/mol. The highest BCUT2D eigenvalue weighted by molar-refractivity contribution is 9.10. The molecule has 0 saturated heterocycles. The van der Waals surface area contributed by atoms with E-state index in [-0.39, 0.29) is 17.4 Å². The summed E-state index contributed by atoms with van der Waals surface area (Å²) in [6.45, 7) is 5.73. The van der Waals surface area contributed by atoms with Crippen molar-refractivity contribution in [2.24, 2.45) is 5.41 Å². The fraction of sp³-hybridized carbons (Fsp3) is 0.467. The van der Waals surface area contributed by atoms with Crippen LogP contribution in [0.25, 0.3) is 0 Å². The summed E-state index contributed by atoms with van der Waals surface area (Å²) in [5.74, 6) is -0.408. The summed E-state index contributed by atoms with van der Waals surface area (Å²) in [4.78, 5) is 24.6. The Labute approximate surface area is 127 Å². The van der Waals surface area contributed by atoms with Crippen LogP contribution < -0.4 is 10.6 Å². The SMILES string of the molecule is CC(C)(C)NC(=O)C1(C(=O)Nc2cccc(Br)c2)CC1. The molecule has 1 aliphatic rings. The zero-order chi connectivity index (χ0) is 15.0. The lowest BCUT2D eigenvalue weighted by Crippen LogP contribution is -2.48. The van der Waals surface area contributed by atoms with Crippen molar-refractivity contribution >= 4 is 33.4 Å². The van der Waals surface area contributed by atoms with Crippen molar-refractivity contribution in [3.05, 3.63) is 28.7 Å². The van der Waals surface area contributed by atoms with Gasteiger partial charge in [0.1, 0.15) is 5.41 Å². The molecule has 1 fully saturated rings. The Morgan fingerprint density at radius 1 is 1.20 bits per heavy atom. The molecule has 0 bridgehead atoms. The van der Waals surface area contributed by atoms with Gasteiger partial charge in [0.2, 0.25) is 11.8 Å².